The zero-order valence-corrected chi connectivity index (χ0v) is 13.5. The summed E-state index contributed by atoms with van der Waals surface area (Å²) >= 11 is 0. The lowest BCUT2D eigenvalue weighted by atomic mass is 9.91. The van der Waals surface area contributed by atoms with Crippen LogP contribution in [0.1, 0.15) is 29.7 Å². The Morgan fingerprint density at radius 3 is 2.96 bits per heavy atom. The van der Waals surface area contributed by atoms with E-state index in [1.54, 1.807) is 26.0 Å². The van der Waals surface area contributed by atoms with Crippen molar-refractivity contribution in [3.8, 4) is 5.75 Å². The molecule has 1 amide bonds. The molecule has 1 aromatic carbocycles. The average Bonchev–Trinajstić information content (AvgIpc) is 2.95. The van der Waals surface area contributed by atoms with E-state index in [-0.39, 0.29) is 18.1 Å². The number of β-amino-alcohol motifs (C(OH)–C–C–N with tert-alkyl or cyclic N) is 1. The highest BCUT2D eigenvalue weighted by molar-refractivity contribution is 5.92. The van der Waals surface area contributed by atoms with Crippen LogP contribution in [0.2, 0.25) is 0 Å². The Kier molecular flexibility index (Phi) is 4.28. The third-order valence-electron chi connectivity index (χ3n) is 4.07. The standard InChI is InChI=1S/C17H19FN2O4/c1-11-19-14(9-23-11)16(21)20-7-6-15(17(2,22)10-20)24-13-5-3-4-12(18)8-13/h3-5,8-9,15,22H,6-7,10H2,1-2H3/t15-,17-/m0/s1. The van der Waals surface area contributed by atoms with Gasteiger partial charge in [-0.25, -0.2) is 9.37 Å². The highest BCUT2D eigenvalue weighted by Gasteiger charge is 2.41. The molecule has 1 aliphatic rings. The van der Waals surface area contributed by atoms with E-state index in [4.69, 9.17) is 9.15 Å². The Hall–Kier alpha value is -2.41. The van der Waals surface area contributed by atoms with E-state index in [9.17, 15) is 14.3 Å². The van der Waals surface area contributed by atoms with Crippen molar-refractivity contribution in [3.05, 3.63) is 47.9 Å². The van der Waals surface area contributed by atoms with Gasteiger partial charge in [0.15, 0.2) is 11.6 Å². The number of benzene rings is 1. The van der Waals surface area contributed by atoms with Crippen LogP contribution in [0, 0.1) is 12.7 Å². The van der Waals surface area contributed by atoms with Crippen LogP contribution in [0.3, 0.4) is 0 Å². The number of halogens is 1. The molecule has 0 aliphatic carbocycles. The number of ether oxygens (including phenoxy) is 1. The third kappa shape index (κ3) is 3.41. The van der Waals surface area contributed by atoms with Crippen molar-refractivity contribution in [2.75, 3.05) is 13.1 Å². The van der Waals surface area contributed by atoms with Crippen molar-refractivity contribution < 1.29 is 23.4 Å². The summed E-state index contributed by atoms with van der Waals surface area (Å²) < 4.78 is 24.0. The number of carbonyl (C=O) groups is 1. The van der Waals surface area contributed by atoms with Gasteiger partial charge in [0.1, 0.15) is 29.5 Å². The minimum Gasteiger partial charge on any atom is -0.487 e. The van der Waals surface area contributed by atoms with Gasteiger partial charge in [-0.15, -0.1) is 0 Å². The molecule has 7 heteroatoms. The predicted molar refractivity (Wildman–Crippen MR) is 83.2 cm³/mol. The third-order valence-corrected chi connectivity index (χ3v) is 4.07. The van der Waals surface area contributed by atoms with E-state index in [0.717, 1.165) is 0 Å². The molecule has 2 atom stereocenters. The lowest BCUT2D eigenvalue weighted by Gasteiger charge is -2.42. The first-order valence-electron chi connectivity index (χ1n) is 7.71. The molecule has 24 heavy (non-hydrogen) atoms. The molecule has 1 N–H and O–H groups in total. The van der Waals surface area contributed by atoms with Crippen molar-refractivity contribution in [2.45, 2.75) is 32.0 Å². The van der Waals surface area contributed by atoms with E-state index in [2.05, 4.69) is 4.98 Å². The lowest BCUT2D eigenvalue weighted by Crippen LogP contribution is -2.58. The molecule has 0 saturated carbocycles. The first kappa shape index (κ1) is 16.4. The molecular weight excluding hydrogens is 315 g/mol. The molecule has 0 spiro atoms. The number of rotatable bonds is 3. The fourth-order valence-electron chi connectivity index (χ4n) is 2.84. The van der Waals surface area contributed by atoms with Gasteiger partial charge in [0.05, 0.1) is 6.54 Å². The summed E-state index contributed by atoms with van der Waals surface area (Å²) in [6.45, 7) is 3.76. The maximum Gasteiger partial charge on any atom is 0.275 e. The summed E-state index contributed by atoms with van der Waals surface area (Å²) in [6.07, 6.45) is 1.19. The summed E-state index contributed by atoms with van der Waals surface area (Å²) in [5.74, 6) is 0.0686. The number of aliphatic hydroxyl groups is 1. The molecule has 1 aliphatic heterocycles. The summed E-state index contributed by atoms with van der Waals surface area (Å²) in [4.78, 5) is 17.9. The van der Waals surface area contributed by atoms with Crippen LogP contribution in [0.4, 0.5) is 4.39 Å². The SMILES string of the molecule is Cc1nc(C(=O)N2CC[C@H](Oc3cccc(F)c3)[C@@](C)(O)C2)co1. The van der Waals surface area contributed by atoms with E-state index < -0.39 is 17.5 Å². The van der Waals surface area contributed by atoms with Crippen LogP contribution in [0.25, 0.3) is 0 Å². The number of hydrogen-bond donors (Lipinski definition) is 1. The summed E-state index contributed by atoms with van der Waals surface area (Å²) in [5, 5.41) is 10.7. The minimum atomic E-state index is -1.26. The monoisotopic (exact) mass is 334 g/mol. The molecule has 1 saturated heterocycles. The second-order valence-electron chi connectivity index (χ2n) is 6.19. The first-order valence-corrected chi connectivity index (χ1v) is 7.71. The fourth-order valence-corrected chi connectivity index (χ4v) is 2.84. The van der Waals surface area contributed by atoms with Gasteiger partial charge in [0, 0.05) is 26.0 Å². The number of aromatic nitrogens is 1. The lowest BCUT2D eigenvalue weighted by molar-refractivity contribution is -0.0900. The zero-order valence-electron chi connectivity index (χ0n) is 13.5. The van der Waals surface area contributed by atoms with Crippen molar-refractivity contribution in [3.63, 3.8) is 0 Å². The maximum absolute atomic E-state index is 13.3. The predicted octanol–water partition coefficient (Wildman–Crippen LogP) is 2.17. The Morgan fingerprint density at radius 2 is 2.33 bits per heavy atom. The number of piperidine rings is 1. The fraction of sp³-hybridized carbons (Fsp3) is 0.412. The van der Waals surface area contributed by atoms with Crippen molar-refractivity contribution in [1.29, 1.82) is 0 Å². The number of oxazole rings is 1. The number of hydrogen-bond acceptors (Lipinski definition) is 5. The van der Waals surface area contributed by atoms with Gasteiger partial charge in [-0.3, -0.25) is 4.79 Å². The highest BCUT2D eigenvalue weighted by atomic mass is 19.1. The highest BCUT2D eigenvalue weighted by Crippen LogP contribution is 2.27. The Bertz CT molecular complexity index is 744. The average molecular weight is 334 g/mol. The number of nitrogens with zero attached hydrogens (tertiary/aromatic N) is 2. The number of carbonyl (C=O) groups excluding carboxylic acids is 1. The Morgan fingerprint density at radius 1 is 1.54 bits per heavy atom. The first-order chi connectivity index (χ1) is 11.3. The molecule has 1 fully saturated rings. The van der Waals surface area contributed by atoms with Crippen LogP contribution in [-0.4, -0.2) is 45.7 Å². The Balaban J connectivity index is 1.69. The van der Waals surface area contributed by atoms with E-state index >= 15 is 0 Å². The summed E-state index contributed by atoms with van der Waals surface area (Å²) in [6, 6.07) is 5.78. The quantitative estimate of drug-likeness (QED) is 0.931. The van der Waals surface area contributed by atoms with Crippen LogP contribution in [-0.2, 0) is 0 Å². The van der Waals surface area contributed by atoms with E-state index in [1.807, 2.05) is 0 Å². The second kappa shape index (κ2) is 6.24. The van der Waals surface area contributed by atoms with Gasteiger partial charge in [-0.2, -0.15) is 0 Å². The molecule has 0 bridgehead atoms. The Labute approximate surface area is 138 Å². The molecule has 6 nitrogen and oxygen atoms in total. The molecule has 0 radical (unpaired) electrons. The molecule has 2 aromatic rings. The maximum atomic E-state index is 13.3. The zero-order chi connectivity index (χ0) is 17.3. The van der Waals surface area contributed by atoms with E-state index in [1.165, 1.54) is 23.3 Å². The normalized spacial score (nSPS) is 24.0. The smallest absolute Gasteiger partial charge is 0.275 e. The van der Waals surface area contributed by atoms with Crippen LogP contribution in [0.5, 0.6) is 5.75 Å². The summed E-state index contributed by atoms with van der Waals surface area (Å²) in [5.41, 5.74) is -1.05. The molecule has 3 rings (SSSR count). The van der Waals surface area contributed by atoms with Gasteiger partial charge >= 0.3 is 0 Å². The molecule has 0 unspecified atom stereocenters. The van der Waals surface area contributed by atoms with Crippen molar-refractivity contribution >= 4 is 5.91 Å². The van der Waals surface area contributed by atoms with Gasteiger partial charge in [-0.05, 0) is 19.1 Å². The number of aryl methyl sites for hydroxylation is 1. The van der Waals surface area contributed by atoms with E-state index in [0.29, 0.717) is 24.6 Å². The van der Waals surface area contributed by atoms with Crippen molar-refractivity contribution in [2.24, 2.45) is 0 Å². The largest absolute Gasteiger partial charge is 0.487 e. The summed E-state index contributed by atoms with van der Waals surface area (Å²) in [7, 11) is 0. The molecule has 2 heterocycles. The molecular formula is C17H19FN2O4. The van der Waals surface area contributed by atoms with Gasteiger partial charge in [0.2, 0.25) is 0 Å². The minimum absolute atomic E-state index is 0.0950. The second-order valence-corrected chi connectivity index (χ2v) is 6.19. The number of amides is 1. The van der Waals surface area contributed by atoms with Gasteiger partial charge in [0.25, 0.3) is 5.91 Å². The van der Waals surface area contributed by atoms with Gasteiger partial charge in [-0.1, -0.05) is 6.07 Å². The van der Waals surface area contributed by atoms with Crippen LogP contribution >= 0.6 is 0 Å². The van der Waals surface area contributed by atoms with Crippen LogP contribution in [0.15, 0.2) is 34.9 Å². The topological polar surface area (TPSA) is 75.8 Å². The number of likely N-dealkylation sites (tertiary alicyclic amines) is 1. The molecule has 128 valence electrons. The van der Waals surface area contributed by atoms with Gasteiger partial charge < -0.3 is 19.2 Å². The van der Waals surface area contributed by atoms with Crippen molar-refractivity contribution in [1.82, 2.24) is 9.88 Å². The van der Waals surface area contributed by atoms with Crippen LogP contribution < -0.4 is 4.74 Å². The molecule has 1 aromatic heterocycles.